The van der Waals surface area contributed by atoms with Gasteiger partial charge in [-0.2, -0.15) is 0 Å². The minimum absolute atomic E-state index is 0.278. The monoisotopic (exact) mass is 242 g/mol. The van der Waals surface area contributed by atoms with E-state index in [1.54, 1.807) is 24.3 Å². The number of nitrogens with two attached hydrogens (primary N) is 1. The van der Waals surface area contributed by atoms with Crippen molar-refractivity contribution in [1.29, 1.82) is 0 Å². The molecule has 0 atom stereocenters. The Kier molecular flexibility index (Phi) is 3.48. The number of rotatable bonds is 4. The van der Waals surface area contributed by atoms with Crippen LogP contribution < -0.4 is 11.1 Å². The van der Waals surface area contributed by atoms with Crippen molar-refractivity contribution in [3.05, 3.63) is 59.7 Å². The van der Waals surface area contributed by atoms with Crippen LogP contribution in [0.2, 0.25) is 0 Å². The van der Waals surface area contributed by atoms with E-state index in [1.807, 2.05) is 24.3 Å². The molecule has 0 saturated heterocycles. The summed E-state index contributed by atoms with van der Waals surface area (Å²) in [7, 11) is 0. The van der Waals surface area contributed by atoms with Crippen LogP contribution >= 0.6 is 0 Å². The van der Waals surface area contributed by atoms with Gasteiger partial charge in [-0.05, 0) is 35.9 Å². The fraction of sp³-hybridized carbons (Fsp3) is 0.0714. The van der Waals surface area contributed by atoms with Crippen LogP contribution in [0.4, 0.5) is 11.4 Å². The van der Waals surface area contributed by atoms with Crippen molar-refractivity contribution in [3.8, 4) is 0 Å². The molecule has 0 bridgehead atoms. The van der Waals surface area contributed by atoms with Crippen LogP contribution in [0, 0.1) is 0 Å². The van der Waals surface area contributed by atoms with Crippen molar-refractivity contribution in [3.63, 3.8) is 0 Å². The zero-order chi connectivity index (χ0) is 13.0. The average Bonchev–Trinajstić information content (AvgIpc) is 2.38. The fourth-order valence-electron chi connectivity index (χ4n) is 1.62. The van der Waals surface area contributed by atoms with E-state index in [-0.39, 0.29) is 5.56 Å². The highest BCUT2D eigenvalue weighted by Gasteiger charge is 2.02. The van der Waals surface area contributed by atoms with Crippen molar-refractivity contribution in [2.45, 2.75) is 6.54 Å². The van der Waals surface area contributed by atoms with Crippen LogP contribution in [0.25, 0.3) is 0 Å². The van der Waals surface area contributed by atoms with E-state index in [9.17, 15) is 4.79 Å². The molecule has 2 rings (SSSR count). The van der Waals surface area contributed by atoms with Gasteiger partial charge in [-0.3, -0.25) is 0 Å². The molecule has 0 spiro atoms. The molecule has 4 heteroatoms. The molecule has 0 radical (unpaired) electrons. The van der Waals surface area contributed by atoms with Gasteiger partial charge >= 0.3 is 5.97 Å². The highest BCUT2D eigenvalue weighted by molar-refractivity contribution is 5.87. The number of hydrogen-bond donors (Lipinski definition) is 3. The summed E-state index contributed by atoms with van der Waals surface area (Å²) in [6, 6.07) is 14.2. The van der Waals surface area contributed by atoms with Gasteiger partial charge in [0.25, 0.3) is 0 Å². The molecule has 0 aliphatic carbocycles. The summed E-state index contributed by atoms with van der Waals surface area (Å²) in [5, 5.41) is 12.0. The molecule has 4 nitrogen and oxygen atoms in total. The zero-order valence-corrected chi connectivity index (χ0v) is 9.76. The Morgan fingerprint density at radius 1 is 1.11 bits per heavy atom. The number of nitrogens with one attached hydrogen (secondary N) is 1. The molecular formula is C14H14N2O2. The highest BCUT2D eigenvalue weighted by Crippen LogP contribution is 2.14. The highest BCUT2D eigenvalue weighted by atomic mass is 16.4. The lowest BCUT2D eigenvalue weighted by molar-refractivity contribution is 0.0697. The van der Waals surface area contributed by atoms with Gasteiger partial charge in [-0.1, -0.05) is 18.2 Å². The van der Waals surface area contributed by atoms with Crippen LogP contribution in [0.5, 0.6) is 0 Å². The minimum Gasteiger partial charge on any atom is -0.478 e. The molecule has 0 aliphatic heterocycles. The maximum Gasteiger partial charge on any atom is 0.335 e. The predicted octanol–water partition coefficient (Wildman–Crippen LogP) is 2.58. The predicted molar refractivity (Wildman–Crippen MR) is 71.6 cm³/mol. The van der Waals surface area contributed by atoms with Gasteiger partial charge in [0.2, 0.25) is 0 Å². The van der Waals surface area contributed by atoms with Crippen molar-refractivity contribution in [1.82, 2.24) is 0 Å². The Morgan fingerprint density at radius 3 is 2.39 bits per heavy atom. The zero-order valence-electron chi connectivity index (χ0n) is 9.76. The maximum atomic E-state index is 10.7. The third-order valence-corrected chi connectivity index (χ3v) is 2.67. The summed E-state index contributed by atoms with van der Waals surface area (Å²) >= 11 is 0. The molecule has 2 aromatic rings. The van der Waals surface area contributed by atoms with Gasteiger partial charge in [-0.25, -0.2) is 4.79 Å². The molecule has 0 amide bonds. The van der Waals surface area contributed by atoms with Crippen LogP contribution in [0.3, 0.4) is 0 Å². The Labute approximate surface area is 105 Å². The van der Waals surface area contributed by atoms with Gasteiger partial charge in [0.1, 0.15) is 0 Å². The van der Waals surface area contributed by atoms with E-state index >= 15 is 0 Å². The summed E-state index contributed by atoms with van der Waals surface area (Å²) in [4.78, 5) is 10.7. The molecule has 0 aliphatic rings. The second-order valence-electron chi connectivity index (χ2n) is 3.93. The lowest BCUT2D eigenvalue weighted by Gasteiger charge is -2.08. The number of carboxylic acids is 1. The van der Waals surface area contributed by atoms with E-state index in [1.165, 1.54) is 0 Å². The molecular weight excluding hydrogens is 228 g/mol. The SMILES string of the molecule is Nc1ccccc1CNc1ccc(C(=O)O)cc1. The Balaban J connectivity index is 2.02. The first-order valence-electron chi connectivity index (χ1n) is 5.57. The normalized spacial score (nSPS) is 10.0. The first kappa shape index (κ1) is 12.0. The van der Waals surface area contributed by atoms with E-state index in [2.05, 4.69) is 5.32 Å². The number of benzene rings is 2. The Morgan fingerprint density at radius 2 is 1.78 bits per heavy atom. The second-order valence-corrected chi connectivity index (χ2v) is 3.93. The summed E-state index contributed by atoms with van der Waals surface area (Å²) in [6.07, 6.45) is 0. The summed E-state index contributed by atoms with van der Waals surface area (Å²) < 4.78 is 0. The van der Waals surface area contributed by atoms with Crippen LogP contribution in [-0.4, -0.2) is 11.1 Å². The number of anilines is 2. The quantitative estimate of drug-likeness (QED) is 0.720. The molecule has 92 valence electrons. The Hall–Kier alpha value is -2.49. The molecule has 0 aromatic heterocycles. The van der Waals surface area contributed by atoms with Crippen LogP contribution in [0.1, 0.15) is 15.9 Å². The number of carbonyl (C=O) groups is 1. The number of aromatic carboxylic acids is 1. The van der Waals surface area contributed by atoms with Crippen molar-refractivity contribution < 1.29 is 9.90 Å². The van der Waals surface area contributed by atoms with E-state index in [0.29, 0.717) is 6.54 Å². The van der Waals surface area contributed by atoms with Crippen molar-refractivity contribution in [2.24, 2.45) is 0 Å². The van der Waals surface area contributed by atoms with Gasteiger partial charge in [0.15, 0.2) is 0 Å². The molecule has 0 heterocycles. The van der Waals surface area contributed by atoms with Crippen LogP contribution in [0.15, 0.2) is 48.5 Å². The first-order chi connectivity index (χ1) is 8.66. The molecule has 4 N–H and O–H groups in total. The molecule has 18 heavy (non-hydrogen) atoms. The second kappa shape index (κ2) is 5.23. The Bertz CT molecular complexity index is 550. The van der Waals surface area contributed by atoms with E-state index < -0.39 is 5.97 Å². The van der Waals surface area contributed by atoms with Gasteiger partial charge < -0.3 is 16.2 Å². The molecule has 0 fully saturated rings. The fourth-order valence-corrected chi connectivity index (χ4v) is 1.62. The summed E-state index contributed by atoms with van der Waals surface area (Å²) in [6.45, 7) is 0.610. The van der Waals surface area contributed by atoms with Crippen molar-refractivity contribution >= 4 is 17.3 Å². The number of para-hydroxylation sites is 1. The lowest BCUT2D eigenvalue weighted by atomic mass is 10.1. The molecule has 0 unspecified atom stereocenters. The van der Waals surface area contributed by atoms with Crippen molar-refractivity contribution in [2.75, 3.05) is 11.1 Å². The van der Waals surface area contributed by atoms with Gasteiger partial charge in [0, 0.05) is 17.9 Å². The van der Waals surface area contributed by atoms with Gasteiger partial charge in [0.05, 0.1) is 5.56 Å². The maximum absolute atomic E-state index is 10.7. The molecule has 0 saturated carbocycles. The number of nitrogen functional groups attached to an aromatic ring is 1. The lowest BCUT2D eigenvalue weighted by Crippen LogP contribution is -2.03. The third kappa shape index (κ3) is 2.79. The standard InChI is InChI=1S/C14H14N2O2/c15-13-4-2-1-3-11(13)9-16-12-7-5-10(6-8-12)14(17)18/h1-8,16H,9,15H2,(H,17,18). The topological polar surface area (TPSA) is 75.3 Å². The van der Waals surface area contributed by atoms with Crippen LogP contribution in [-0.2, 0) is 6.54 Å². The van der Waals surface area contributed by atoms with E-state index in [0.717, 1.165) is 16.9 Å². The minimum atomic E-state index is -0.922. The third-order valence-electron chi connectivity index (χ3n) is 2.67. The number of hydrogen-bond acceptors (Lipinski definition) is 3. The number of carboxylic acid groups (broad SMARTS) is 1. The smallest absolute Gasteiger partial charge is 0.335 e. The average molecular weight is 242 g/mol. The summed E-state index contributed by atoms with van der Waals surface area (Å²) in [5.74, 6) is -0.922. The van der Waals surface area contributed by atoms with E-state index in [4.69, 9.17) is 10.8 Å². The largest absolute Gasteiger partial charge is 0.478 e. The molecule has 2 aromatic carbocycles. The van der Waals surface area contributed by atoms with Gasteiger partial charge in [-0.15, -0.1) is 0 Å². The first-order valence-corrected chi connectivity index (χ1v) is 5.57. The summed E-state index contributed by atoms with van der Waals surface area (Å²) in [5.41, 5.74) is 8.73.